The molecule has 1 saturated heterocycles. The van der Waals surface area contributed by atoms with Crippen LogP contribution in [0, 0.1) is 5.82 Å². The highest BCUT2D eigenvalue weighted by Crippen LogP contribution is 2.29. The Hall–Kier alpha value is -3.88. The number of nitrogens with zero attached hydrogens (tertiary/aromatic N) is 2. The zero-order valence-corrected chi connectivity index (χ0v) is 18.0. The number of carbonyl (C=O) groups excluding carboxylic acids is 2. The van der Waals surface area contributed by atoms with Crippen LogP contribution in [0.2, 0.25) is 0 Å². The molecule has 1 aliphatic rings. The molecule has 3 amide bonds. The number of alkyl halides is 3. The van der Waals surface area contributed by atoms with Gasteiger partial charge >= 0.3 is 12.2 Å². The number of carbonyl (C=O) groups is 2. The Morgan fingerprint density at radius 1 is 0.912 bits per heavy atom. The molecule has 176 valence electrons. The van der Waals surface area contributed by atoms with Crippen LogP contribution in [0.3, 0.4) is 0 Å². The molecule has 0 aliphatic carbocycles. The van der Waals surface area contributed by atoms with Gasteiger partial charge in [-0.3, -0.25) is 9.69 Å². The fourth-order valence-corrected chi connectivity index (χ4v) is 3.74. The van der Waals surface area contributed by atoms with E-state index in [1.807, 2.05) is 0 Å². The number of rotatable bonds is 5. The predicted molar refractivity (Wildman–Crippen MR) is 120 cm³/mol. The van der Waals surface area contributed by atoms with Crippen molar-refractivity contribution in [3.05, 3.63) is 95.3 Å². The van der Waals surface area contributed by atoms with Gasteiger partial charge < -0.3 is 10.2 Å². The van der Waals surface area contributed by atoms with Crippen molar-refractivity contribution in [1.29, 1.82) is 0 Å². The van der Waals surface area contributed by atoms with E-state index >= 15 is 0 Å². The van der Waals surface area contributed by atoms with Gasteiger partial charge in [-0.25, -0.2) is 9.18 Å². The average molecular weight is 471 g/mol. The molecular formula is C25H21F4N3O2. The zero-order valence-electron chi connectivity index (χ0n) is 18.0. The Kier molecular flexibility index (Phi) is 6.54. The molecule has 0 spiro atoms. The molecule has 3 aromatic carbocycles. The summed E-state index contributed by atoms with van der Waals surface area (Å²) in [6.45, 7) is 1.19. The van der Waals surface area contributed by atoms with Crippen LogP contribution in [0.25, 0.3) is 0 Å². The molecule has 0 unspecified atom stereocenters. The topological polar surface area (TPSA) is 52.7 Å². The van der Waals surface area contributed by atoms with Crippen molar-refractivity contribution in [3.8, 4) is 0 Å². The van der Waals surface area contributed by atoms with Crippen LogP contribution in [-0.2, 0) is 12.7 Å². The third kappa shape index (κ3) is 5.19. The summed E-state index contributed by atoms with van der Waals surface area (Å²) in [5.74, 6) is -0.910. The minimum atomic E-state index is -4.47. The molecule has 0 aromatic heterocycles. The molecule has 0 saturated carbocycles. The third-order valence-electron chi connectivity index (χ3n) is 5.54. The zero-order chi connectivity index (χ0) is 24.3. The lowest BCUT2D eigenvalue weighted by Crippen LogP contribution is -2.49. The summed E-state index contributed by atoms with van der Waals surface area (Å²) in [5.41, 5.74) is 0.756. The van der Waals surface area contributed by atoms with Crippen molar-refractivity contribution >= 4 is 23.3 Å². The summed E-state index contributed by atoms with van der Waals surface area (Å²) in [6.07, 6.45) is -3.76. The van der Waals surface area contributed by atoms with E-state index in [1.165, 1.54) is 6.07 Å². The van der Waals surface area contributed by atoms with Gasteiger partial charge in [0.05, 0.1) is 12.1 Å². The van der Waals surface area contributed by atoms with Crippen LogP contribution in [0.4, 0.5) is 33.7 Å². The highest BCUT2D eigenvalue weighted by molar-refractivity contribution is 6.04. The van der Waals surface area contributed by atoms with Crippen LogP contribution in [-0.4, -0.2) is 29.9 Å². The van der Waals surface area contributed by atoms with Crippen molar-refractivity contribution in [2.24, 2.45) is 0 Å². The van der Waals surface area contributed by atoms with E-state index < -0.39 is 17.6 Å². The molecule has 0 atom stereocenters. The van der Waals surface area contributed by atoms with Crippen molar-refractivity contribution in [3.63, 3.8) is 0 Å². The van der Waals surface area contributed by atoms with E-state index in [-0.39, 0.29) is 24.0 Å². The molecule has 1 heterocycles. The van der Waals surface area contributed by atoms with Crippen molar-refractivity contribution in [1.82, 2.24) is 4.90 Å². The third-order valence-corrected chi connectivity index (χ3v) is 5.54. The molecule has 34 heavy (non-hydrogen) atoms. The average Bonchev–Trinajstić information content (AvgIpc) is 2.82. The standard InChI is InChI=1S/C25H21F4N3O2/c26-22-5-2-1-4-18(22)16-31-14-3-15-32(24(31)34)21-12-10-20(11-13-21)30-23(33)17-6-8-19(9-7-17)25(27,28)29/h1-2,4-13H,3,14-16H2,(H,30,33). The highest BCUT2D eigenvalue weighted by Gasteiger charge is 2.30. The fraction of sp³-hybridized carbons (Fsp3) is 0.200. The van der Waals surface area contributed by atoms with Crippen molar-refractivity contribution in [2.75, 3.05) is 23.3 Å². The lowest BCUT2D eigenvalue weighted by atomic mass is 10.1. The molecule has 0 bridgehead atoms. The normalized spacial score (nSPS) is 14.3. The lowest BCUT2D eigenvalue weighted by molar-refractivity contribution is -0.137. The fourth-order valence-electron chi connectivity index (χ4n) is 3.74. The van der Waals surface area contributed by atoms with Gasteiger partial charge in [0, 0.05) is 35.6 Å². The second kappa shape index (κ2) is 9.54. The van der Waals surface area contributed by atoms with Gasteiger partial charge in [-0.15, -0.1) is 0 Å². The summed E-state index contributed by atoms with van der Waals surface area (Å²) < 4.78 is 52.1. The number of nitrogens with one attached hydrogen (secondary N) is 1. The monoisotopic (exact) mass is 471 g/mol. The van der Waals surface area contributed by atoms with E-state index in [9.17, 15) is 27.2 Å². The Morgan fingerprint density at radius 3 is 2.24 bits per heavy atom. The molecule has 0 radical (unpaired) electrons. The summed E-state index contributed by atoms with van der Waals surface area (Å²) >= 11 is 0. The van der Waals surface area contributed by atoms with Crippen LogP contribution >= 0.6 is 0 Å². The minimum absolute atomic E-state index is 0.0899. The molecule has 5 nitrogen and oxygen atoms in total. The SMILES string of the molecule is O=C(Nc1ccc(N2CCCN(Cc3ccccc3F)C2=O)cc1)c1ccc(C(F)(F)F)cc1. The maximum Gasteiger partial charge on any atom is 0.416 e. The first-order chi connectivity index (χ1) is 16.2. The van der Waals surface area contributed by atoms with E-state index in [0.29, 0.717) is 36.4 Å². The van der Waals surface area contributed by atoms with Crippen molar-refractivity contribution < 1.29 is 27.2 Å². The maximum atomic E-state index is 14.0. The highest BCUT2D eigenvalue weighted by atomic mass is 19.4. The number of benzene rings is 3. The molecule has 1 aliphatic heterocycles. The van der Waals surface area contributed by atoms with Crippen LogP contribution in [0.15, 0.2) is 72.8 Å². The van der Waals surface area contributed by atoms with Crippen LogP contribution in [0.5, 0.6) is 0 Å². The van der Waals surface area contributed by atoms with Crippen LogP contribution < -0.4 is 10.2 Å². The molecule has 3 aromatic rings. The van der Waals surface area contributed by atoms with Gasteiger partial charge in [0.2, 0.25) is 0 Å². The summed E-state index contributed by atoms with van der Waals surface area (Å²) in [5, 5.41) is 2.63. The molecule has 1 fully saturated rings. The molecule has 9 heteroatoms. The Labute approximate surface area is 193 Å². The minimum Gasteiger partial charge on any atom is -0.322 e. The van der Waals surface area contributed by atoms with Gasteiger partial charge in [-0.05, 0) is 61.0 Å². The van der Waals surface area contributed by atoms with Gasteiger partial charge in [-0.2, -0.15) is 13.2 Å². The number of amides is 3. The molecular weight excluding hydrogens is 450 g/mol. The summed E-state index contributed by atoms with van der Waals surface area (Å²) in [7, 11) is 0. The van der Waals surface area contributed by atoms with E-state index in [4.69, 9.17) is 0 Å². The maximum absolute atomic E-state index is 14.0. The largest absolute Gasteiger partial charge is 0.416 e. The Bertz CT molecular complexity index is 1180. The van der Waals surface area contributed by atoms with Gasteiger partial charge in [0.1, 0.15) is 5.82 Å². The van der Waals surface area contributed by atoms with Crippen molar-refractivity contribution in [2.45, 2.75) is 19.1 Å². The number of anilines is 2. The van der Waals surface area contributed by atoms with Gasteiger partial charge in [-0.1, -0.05) is 18.2 Å². The van der Waals surface area contributed by atoms with Gasteiger partial charge in [0.25, 0.3) is 5.91 Å². The Morgan fingerprint density at radius 2 is 1.59 bits per heavy atom. The predicted octanol–water partition coefficient (Wildman–Crippen LogP) is 5.93. The first-order valence-electron chi connectivity index (χ1n) is 10.6. The molecule has 4 rings (SSSR count). The summed E-state index contributed by atoms with van der Waals surface area (Å²) in [6, 6.07) is 16.6. The lowest BCUT2D eigenvalue weighted by Gasteiger charge is -2.35. The number of hydrogen-bond acceptors (Lipinski definition) is 2. The number of halogens is 4. The number of urea groups is 1. The first-order valence-corrected chi connectivity index (χ1v) is 10.6. The first kappa shape index (κ1) is 23.3. The van der Waals surface area contributed by atoms with Gasteiger partial charge in [0.15, 0.2) is 0 Å². The second-order valence-corrected chi connectivity index (χ2v) is 7.88. The molecule has 1 N–H and O–H groups in total. The van der Waals surface area contributed by atoms with E-state index in [0.717, 1.165) is 24.3 Å². The van der Waals surface area contributed by atoms with E-state index in [2.05, 4.69) is 5.32 Å². The number of hydrogen-bond donors (Lipinski definition) is 1. The smallest absolute Gasteiger partial charge is 0.322 e. The second-order valence-electron chi connectivity index (χ2n) is 7.88. The van der Waals surface area contributed by atoms with E-state index in [1.54, 1.807) is 52.3 Å². The summed E-state index contributed by atoms with van der Waals surface area (Å²) in [4.78, 5) is 28.5. The Balaban J connectivity index is 1.41. The van der Waals surface area contributed by atoms with Crippen LogP contribution in [0.1, 0.15) is 27.9 Å². The quantitative estimate of drug-likeness (QED) is 0.469.